The molecule has 2 atom stereocenters. The van der Waals surface area contributed by atoms with E-state index in [0.717, 1.165) is 57.8 Å². The fourth-order valence-corrected chi connectivity index (χ4v) is 3.71. The number of carbonyl (C=O) groups is 3. The quantitative estimate of drug-likeness (QED) is 0.0743. The molecule has 0 aliphatic rings. The number of ether oxygens (including phenoxy) is 3. The van der Waals surface area contributed by atoms with Crippen LogP contribution in [0.25, 0.3) is 0 Å². The van der Waals surface area contributed by atoms with Crippen molar-refractivity contribution in [2.45, 2.75) is 103 Å². The monoisotopic (exact) mass is 551 g/mol. The summed E-state index contributed by atoms with van der Waals surface area (Å²) in [6.07, 6.45) is 21.3. The largest absolute Gasteiger partial charge is 0.544 e. The molecule has 0 heterocycles. The Bertz CT molecular complexity index is 753. The van der Waals surface area contributed by atoms with Crippen LogP contribution in [0.2, 0.25) is 0 Å². The van der Waals surface area contributed by atoms with Crippen LogP contribution >= 0.6 is 0 Å². The first-order valence-electron chi connectivity index (χ1n) is 14.5. The lowest BCUT2D eigenvalue weighted by molar-refractivity contribution is -0.889. The summed E-state index contributed by atoms with van der Waals surface area (Å²) in [6, 6.07) is -0.725. The van der Waals surface area contributed by atoms with Gasteiger partial charge in [0.05, 0.1) is 40.3 Å². The molecule has 39 heavy (non-hydrogen) atoms. The van der Waals surface area contributed by atoms with Crippen molar-refractivity contribution in [2.75, 3.05) is 41.0 Å². The van der Waals surface area contributed by atoms with E-state index in [4.69, 9.17) is 14.2 Å². The van der Waals surface area contributed by atoms with Gasteiger partial charge in [0.15, 0.2) is 6.10 Å². The van der Waals surface area contributed by atoms with Gasteiger partial charge < -0.3 is 28.6 Å². The summed E-state index contributed by atoms with van der Waals surface area (Å²) in [4.78, 5) is 35.7. The van der Waals surface area contributed by atoms with Gasteiger partial charge in [-0.05, 0) is 44.9 Å². The molecule has 0 rings (SSSR count). The van der Waals surface area contributed by atoms with E-state index < -0.39 is 18.1 Å². The molecule has 0 aromatic heterocycles. The number of allylic oxidation sites excluding steroid dienone is 6. The summed E-state index contributed by atoms with van der Waals surface area (Å²) in [5.41, 5.74) is 0. The van der Waals surface area contributed by atoms with Gasteiger partial charge in [-0.25, -0.2) is 0 Å². The third-order valence-corrected chi connectivity index (χ3v) is 6.04. The molecule has 0 bridgehead atoms. The molecular weight excluding hydrogens is 498 g/mol. The summed E-state index contributed by atoms with van der Waals surface area (Å²) in [5, 5.41) is 11.4. The first kappa shape index (κ1) is 36.5. The number of carboxylic acid groups (broad SMARTS) is 1. The standard InChI is InChI=1S/C31H53NO7/c1-6-8-10-11-12-13-14-15-16-17-18-19-20-22-30(34)39-27(26-38-29(33)21-9-7-2)25-37-24-23-28(31(35)36)32(3,4)5/h8,10,12-13,15-16,27-28H,6-7,9,11,14,17-26H2,1-5H3/b10-8-,13-12-,16-15-. The number of likely N-dealkylation sites (N-methyl/N-ethyl adjacent to an activating group) is 1. The Morgan fingerprint density at radius 2 is 1.44 bits per heavy atom. The van der Waals surface area contributed by atoms with Crippen molar-refractivity contribution in [3.8, 4) is 0 Å². The van der Waals surface area contributed by atoms with Gasteiger partial charge >= 0.3 is 11.9 Å². The third kappa shape index (κ3) is 22.1. The summed E-state index contributed by atoms with van der Waals surface area (Å²) in [7, 11) is 5.34. The number of esters is 2. The highest BCUT2D eigenvalue weighted by molar-refractivity contribution is 5.70. The Balaban J connectivity index is 4.42. The van der Waals surface area contributed by atoms with Crippen LogP contribution < -0.4 is 5.11 Å². The molecule has 2 unspecified atom stereocenters. The summed E-state index contributed by atoms with van der Waals surface area (Å²) >= 11 is 0. The molecule has 8 nitrogen and oxygen atoms in total. The van der Waals surface area contributed by atoms with E-state index in [0.29, 0.717) is 6.42 Å². The Hall–Kier alpha value is -2.45. The molecule has 0 fully saturated rings. The second kappa shape index (κ2) is 23.4. The molecule has 0 aromatic rings. The van der Waals surface area contributed by atoms with Crippen LogP contribution in [0.4, 0.5) is 0 Å². The molecule has 0 saturated heterocycles. The summed E-state index contributed by atoms with van der Waals surface area (Å²) < 4.78 is 16.6. The lowest BCUT2D eigenvalue weighted by Crippen LogP contribution is -2.55. The predicted octanol–water partition coefficient (Wildman–Crippen LogP) is 4.67. The van der Waals surface area contributed by atoms with Gasteiger partial charge in [0.25, 0.3) is 0 Å². The van der Waals surface area contributed by atoms with Crippen molar-refractivity contribution in [1.82, 2.24) is 0 Å². The number of hydrogen-bond acceptors (Lipinski definition) is 7. The van der Waals surface area contributed by atoms with E-state index in [1.165, 1.54) is 0 Å². The predicted molar refractivity (Wildman–Crippen MR) is 153 cm³/mol. The smallest absolute Gasteiger partial charge is 0.306 e. The number of carboxylic acids is 1. The lowest BCUT2D eigenvalue weighted by Gasteiger charge is -2.34. The van der Waals surface area contributed by atoms with Gasteiger partial charge in [-0.2, -0.15) is 0 Å². The van der Waals surface area contributed by atoms with Crippen LogP contribution in [0.5, 0.6) is 0 Å². The van der Waals surface area contributed by atoms with E-state index in [1.807, 2.05) is 6.92 Å². The SMILES string of the molecule is CC/C=C\C/C=C\C/C=C\CCCCCC(=O)OC(COCCC(C(=O)[O-])[N+](C)(C)C)COC(=O)CCCC. The number of hydrogen-bond donors (Lipinski definition) is 0. The van der Waals surface area contributed by atoms with E-state index >= 15 is 0 Å². The Labute approximate surface area is 236 Å². The highest BCUT2D eigenvalue weighted by Gasteiger charge is 2.25. The lowest BCUT2D eigenvalue weighted by atomic mass is 10.1. The third-order valence-electron chi connectivity index (χ3n) is 6.04. The minimum atomic E-state index is -1.14. The van der Waals surface area contributed by atoms with Gasteiger partial charge in [-0.15, -0.1) is 0 Å². The Morgan fingerprint density at radius 3 is 2.05 bits per heavy atom. The fraction of sp³-hybridized carbons (Fsp3) is 0.710. The minimum absolute atomic E-state index is 0.0256. The van der Waals surface area contributed by atoms with Crippen molar-refractivity contribution in [3.63, 3.8) is 0 Å². The molecule has 224 valence electrons. The maximum Gasteiger partial charge on any atom is 0.306 e. The average molecular weight is 552 g/mol. The van der Waals surface area contributed by atoms with Gasteiger partial charge in [-0.3, -0.25) is 9.59 Å². The first-order chi connectivity index (χ1) is 18.6. The number of rotatable bonds is 24. The zero-order chi connectivity index (χ0) is 29.4. The van der Waals surface area contributed by atoms with E-state index in [2.05, 4.69) is 43.4 Å². The molecule has 0 aliphatic carbocycles. The topological polar surface area (TPSA) is 102 Å². The first-order valence-corrected chi connectivity index (χ1v) is 14.5. The molecule has 0 N–H and O–H groups in total. The van der Waals surface area contributed by atoms with E-state index in [9.17, 15) is 19.5 Å². The van der Waals surface area contributed by atoms with E-state index in [-0.39, 0.29) is 49.1 Å². The summed E-state index contributed by atoms with van der Waals surface area (Å²) in [5.74, 6) is -1.83. The van der Waals surface area contributed by atoms with Crippen LogP contribution in [-0.2, 0) is 28.6 Å². The van der Waals surface area contributed by atoms with Crippen LogP contribution in [0.15, 0.2) is 36.5 Å². The minimum Gasteiger partial charge on any atom is -0.544 e. The van der Waals surface area contributed by atoms with Crippen molar-refractivity contribution >= 4 is 17.9 Å². The van der Waals surface area contributed by atoms with Crippen molar-refractivity contribution < 1.29 is 38.2 Å². The summed E-state index contributed by atoms with van der Waals surface area (Å²) in [6.45, 7) is 4.22. The van der Waals surface area contributed by atoms with Crippen molar-refractivity contribution in [1.29, 1.82) is 0 Å². The van der Waals surface area contributed by atoms with Gasteiger partial charge in [0.2, 0.25) is 0 Å². The molecule has 0 radical (unpaired) electrons. The zero-order valence-corrected chi connectivity index (χ0v) is 25.0. The highest BCUT2D eigenvalue weighted by atomic mass is 16.6. The van der Waals surface area contributed by atoms with Gasteiger partial charge in [0.1, 0.15) is 12.6 Å². The zero-order valence-electron chi connectivity index (χ0n) is 25.0. The van der Waals surface area contributed by atoms with Crippen LogP contribution in [0.1, 0.15) is 90.9 Å². The number of aliphatic carboxylic acids is 1. The molecular formula is C31H53NO7. The number of carbonyl (C=O) groups excluding carboxylic acids is 3. The Morgan fingerprint density at radius 1 is 0.795 bits per heavy atom. The molecule has 0 aliphatic heterocycles. The number of unbranched alkanes of at least 4 members (excludes halogenated alkanes) is 4. The molecule has 0 spiro atoms. The molecule has 8 heteroatoms. The highest BCUT2D eigenvalue weighted by Crippen LogP contribution is 2.10. The second-order valence-electron chi connectivity index (χ2n) is 10.6. The van der Waals surface area contributed by atoms with Crippen LogP contribution in [-0.4, -0.2) is 75.5 Å². The number of quaternary nitrogens is 1. The van der Waals surface area contributed by atoms with Gasteiger partial charge in [-0.1, -0.05) is 63.1 Å². The van der Waals surface area contributed by atoms with Crippen LogP contribution in [0, 0.1) is 0 Å². The Kier molecular flexibility index (Phi) is 22.0. The van der Waals surface area contributed by atoms with Crippen LogP contribution in [0.3, 0.4) is 0 Å². The molecule has 0 amide bonds. The van der Waals surface area contributed by atoms with Crippen molar-refractivity contribution in [3.05, 3.63) is 36.5 Å². The maximum absolute atomic E-state index is 12.4. The van der Waals surface area contributed by atoms with E-state index in [1.54, 1.807) is 21.1 Å². The number of nitrogens with zero attached hydrogens (tertiary/aromatic N) is 1. The van der Waals surface area contributed by atoms with Gasteiger partial charge in [0, 0.05) is 19.3 Å². The average Bonchev–Trinajstić information content (AvgIpc) is 2.87. The normalized spacial score (nSPS) is 13.8. The molecule has 0 saturated carbocycles. The molecule has 0 aromatic carbocycles. The second-order valence-corrected chi connectivity index (χ2v) is 10.6. The fourth-order valence-electron chi connectivity index (χ4n) is 3.71. The maximum atomic E-state index is 12.4. The van der Waals surface area contributed by atoms with Crippen molar-refractivity contribution in [2.24, 2.45) is 0 Å².